The van der Waals surface area contributed by atoms with E-state index < -0.39 is 10.9 Å². The molecule has 1 aromatic heterocycles. The molecule has 0 saturated carbocycles. The number of fused-ring (bicyclic) bond motifs is 1. The lowest BCUT2D eigenvalue weighted by Gasteiger charge is -2.12. The monoisotopic (exact) mass is 482 g/mol. The third-order valence-electron chi connectivity index (χ3n) is 5.24. The Bertz CT molecular complexity index is 1440. The summed E-state index contributed by atoms with van der Waals surface area (Å²) in [6, 6.07) is 23.4. The molecule has 0 atom stereocenters. The van der Waals surface area contributed by atoms with Crippen molar-refractivity contribution >= 4 is 22.6 Å². The molecule has 3 aromatic carbocycles. The molecule has 8 heteroatoms. The van der Waals surface area contributed by atoms with E-state index in [2.05, 4.69) is 16.8 Å². The third kappa shape index (κ3) is 5.84. The first kappa shape index (κ1) is 24.4. The quantitative estimate of drug-likeness (QED) is 0.114. The van der Waals surface area contributed by atoms with Crippen molar-refractivity contribution in [1.82, 2.24) is 4.98 Å². The van der Waals surface area contributed by atoms with Gasteiger partial charge in [-0.2, -0.15) is 0 Å². The Labute approximate surface area is 207 Å². The van der Waals surface area contributed by atoms with Crippen molar-refractivity contribution in [3.63, 3.8) is 0 Å². The second kappa shape index (κ2) is 11.6. The molecule has 0 radical (unpaired) electrons. The maximum absolute atomic E-state index is 12.3. The maximum atomic E-state index is 12.3. The molecule has 0 aliphatic rings. The highest BCUT2D eigenvalue weighted by atomic mass is 16.6. The Morgan fingerprint density at radius 1 is 0.972 bits per heavy atom. The van der Waals surface area contributed by atoms with Crippen LogP contribution in [-0.2, 0) is 22.7 Å². The molecule has 4 aromatic rings. The zero-order valence-electron chi connectivity index (χ0n) is 19.5. The van der Waals surface area contributed by atoms with E-state index in [0.717, 1.165) is 11.1 Å². The SMILES string of the molecule is COC(=O)c1cc(OCc2ccccc2)c2c(C#CCOCc3ccccc3)ccc([N+](=O)[O-])c2n1. The van der Waals surface area contributed by atoms with E-state index in [0.29, 0.717) is 17.6 Å². The number of rotatable bonds is 8. The molecule has 0 amide bonds. The minimum Gasteiger partial charge on any atom is -0.488 e. The number of hydrogen-bond acceptors (Lipinski definition) is 7. The Hall–Kier alpha value is -4.74. The lowest BCUT2D eigenvalue weighted by Crippen LogP contribution is -2.07. The molecule has 0 bridgehead atoms. The summed E-state index contributed by atoms with van der Waals surface area (Å²) in [5.74, 6) is 5.46. The van der Waals surface area contributed by atoms with E-state index >= 15 is 0 Å². The van der Waals surface area contributed by atoms with Crippen LogP contribution in [0.15, 0.2) is 78.9 Å². The fraction of sp³-hybridized carbons (Fsp3) is 0.143. The van der Waals surface area contributed by atoms with Crippen molar-refractivity contribution < 1.29 is 23.9 Å². The smallest absolute Gasteiger partial charge is 0.356 e. The summed E-state index contributed by atoms with van der Waals surface area (Å²) in [5.41, 5.74) is 1.98. The van der Waals surface area contributed by atoms with Crippen LogP contribution in [0.25, 0.3) is 10.9 Å². The molecule has 8 nitrogen and oxygen atoms in total. The Balaban J connectivity index is 1.72. The van der Waals surface area contributed by atoms with Crippen LogP contribution < -0.4 is 4.74 Å². The number of carbonyl (C=O) groups is 1. The van der Waals surface area contributed by atoms with Gasteiger partial charge in [0.05, 0.1) is 24.0 Å². The largest absolute Gasteiger partial charge is 0.488 e. The minimum absolute atomic E-state index is 0.0111. The van der Waals surface area contributed by atoms with Crippen LogP contribution in [0.2, 0.25) is 0 Å². The normalized spacial score (nSPS) is 10.4. The number of benzene rings is 3. The predicted molar refractivity (Wildman–Crippen MR) is 133 cm³/mol. The van der Waals surface area contributed by atoms with Gasteiger partial charge in [-0.1, -0.05) is 72.5 Å². The van der Waals surface area contributed by atoms with Gasteiger partial charge in [-0.15, -0.1) is 0 Å². The number of nitrogens with zero attached hydrogens (tertiary/aromatic N) is 2. The minimum atomic E-state index is -0.735. The molecule has 1 heterocycles. The first-order valence-corrected chi connectivity index (χ1v) is 11.0. The Kier molecular flexibility index (Phi) is 7.86. The number of nitro benzene ring substituents is 1. The average Bonchev–Trinajstić information content (AvgIpc) is 2.91. The number of methoxy groups -OCH3 is 1. The van der Waals surface area contributed by atoms with Gasteiger partial charge in [0.15, 0.2) is 11.2 Å². The summed E-state index contributed by atoms with van der Waals surface area (Å²) < 4.78 is 16.4. The fourth-order valence-electron chi connectivity index (χ4n) is 3.53. The van der Waals surface area contributed by atoms with Crippen LogP contribution in [0.1, 0.15) is 27.2 Å². The van der Waals surface area contributed by atoms with Crippen molar-refractivity contribution in [3.8, 4) is 17.6 Å². The van der Waals surface area contributed by atoms with Gasteiger partial charge in [0.1, 0.15) is 19.0 Å². The van der Waals surface area contributed by atoms with Gasteiger partial charge in [0, 0.05) is 17.7 Å². The third-order valence-corrected chi connectivity index (χ3v) is 5.24. The molecule has 0 unspecified atom stereocenters. The van der Waals surface area contributed by atoms with E-state index in [4.69, 9.17) is 14.2 Å². The molecule has 0 aliphatic heterocycles. The summed E-state index contributed by atoms with van der Waals surface area (Å²) in [7, 11) is 1.21. The second-order valence-corrected chi connectivity index (χ2v) is 7.66. The van der Waals surface area contributed by atoms with Crippen molar-refractivity contribution in [1.29, 1.82) is 0 Å². The number of carbonyl (C=O) groups excluding carboxylic acids is 1. The highest BCUT2D eigenvalue weighted by Crippen LogP contribution is 2.35. The van der Waals surface area contributed by atoms with Crippen LogP contribution in [0.3, 0.4) is 0 Å². The molecular formula is C28H22N2O6. The Morgan fingerprint density at radius 3 is 2.28 bits per heavy atom. The molecule has 180 valence electrons. The number of ether oxygens (including phenoxy) is 3. The maximum Gasteiger partial charge on any atom is 0.356 e. The zero-order valence-corrected chi connectivity index (χ0v) is 19.5. The molecule has 0 saturated heterocycles. The van der Waals surface area contributed by atoms with Crippen LogP contribution >= 0.6 is 0 Å². The molecular weight excluding hydrogens is 460 g/mol. The van der Waals surface area contributed by atoms with Crippen LogP contribution in [0.5, 0.6) is 5.75 Å². The van der Waals surface area contributed by atoms with Crippen LogP contribution in [0, 0.1) is 22.0 Å². The van der Waals surface area contributed by atoms with Crippen molar-refractivity contribution in [3.05, 3.63) is 111 Å². The molecule has 0 aliphatic carbocycles. The topological polar surface area (TPSA) is 101 Å². The summed E-state index contributed by atoms with van der Waals surface area (Å²) in [4.78, 5) is 27.7. The molecule has 4 rings (SSSR count). The van der Waals surface area contributed by atoms with Gasteiger partial charge < -0.3 is 14.2 Å². The number of aromatic nitrogens is 1. The number of nitro groups is 1. The highest BCUT2D eigenvalue weighted by molar-refractivity contribution is 6.00. The van der Waals surface area contributed by atoms with E-state index in [-0.39, 0.29) is 35.9 Å². The lowest BCUT2D eigenvalue weighted by atomic mass is 10.1. The summed E-state index contributed by atoms with van der Waals surface area (Å²) in [6.45, 7) is 0.740. The predicted octanol–water partition coefficient (Wildman–Crippen LogP) is 5.08. The summed E-state index contributed by atoms with van der Waals surface area (Å²) >= 11 is 0. The molecule has 0 fully saturated rings. The second-order valence-electron chi connectivity index (χ2n) is 7.66. The van der Waals surface area contributed by atoms with Gasteiger partial charge >= 0.3 is 5.97 Å². The number of esters is 1. The van der Waals surface area contributed by atoms with Gasteiger partial charge in [-0.05, 0) is 17.2 Å². The first-order chi connectivity index (χ1) is 17.6. The lowest BCUT2D eigenvalue weighted by molar-refractivity contribution is -0.383. The van der Waals surface area contributed by atoms with Crippen molar-refractivity contribution in [2.24, 2.45) is 0 Å². The van der Waals surface area contributed by atoms with Crippen LogP contribution in [0.4, 0.5) is 5.69 Å². The van der Waals surface area contributed by atoms with E-state index in [1.54, 1.807) is 6.07 Å². The highest BCUT2D eigenvalue weighted by Gasteiger charge is 2.22. The van der Waals surface area contributed by atoms with Gasteiger partial charge in [-0.3, -0.25) is 10.1 Å². The zero-order chi connectivity index (χ0) is 25.3. The number of non-ortho nitro benzene ring substituents is 1. The summed E-state index contributed by atoms with van der Waals surface area (Å²) in [6.07, 6.45) is 0. The summed E-state index contributed by atoms with van der Waals surface area (Å²) in [5, 5.41) is 12.1. The fourth-order valence-corrected chi connectivity index (χ4v) is 3.53. The Morgan fingerprint density at radius 2 is 1.64 bits per heavy atom. The van der Waals surface area contributed by atoms with Crippen molar-refractivity contribution in [2.45, 2.75) is 13.2 Å². The first-order valence-electron chi connectivity index (χ1n) is 11.0. The average molecular weight is 482 g/mol. The van der Waals surface area contributed by atoms with E-state index in [1.807, 2.05) is 60.7 Å². The van der Waals surface area contributed by atoms with Gasteiger partial charge in [-0.25, -0.2) is 9.78 Å². The van der Waals surface area contributed by atoms with Gasteiger partial charge in [0.2, 0.25) is 0 Å². The van der Waals surface area contributed by atoms with Crippen LogP contribution in [-0.4, -0.2) is 29.6 Å². The molecule has 36 heavy (non-hydrogen) atoms. The molecule has 0 N–H and O–H groups in total. The van der Waals surface area contributed by atoms with Gasteiger partial charge in [0.25, 0.3) is 5.69 Å². The van der Waals surface area contributed by atoms with E-state index in [9.17, 15) is 14.9 Å². The van der Waals surface area contributed by atoms with Crippen molar-refractivity contribution in [2.75, 3.05) is 13.7 Å². The van der Waals surface area contributed by atoms with E-state index in [1.165, 1.54) is 19.2 Å². The molecule has 0 spiro atoms. The number of hydrogen-bond donors (Lipinski definition) is 0. The number of pyridine rings is 1. The standard InChI is InChI=1S/C28H22N2O6/c1-34-28(31)23-17-25(36-19-21-11-6-3-7-12-21)26-22(14-15-24(30(32)33)27(26)29-23)13-8-16-35-18-20-9-4-2-5-10-20/h2-7,9-12,14-15,17H,16,18-19H2,1H3.